The molecule has 27 heavy (non-hydrogen) atoms. The van der Waals surface area contributed by atoms with Gasteiger partial charge in [-0.15, -0.1) is 0 Å². The Morgan fingerprint density at radius 3 is 2.41 bits per heavy atom. The number of nitrogens with zero attached hydrogens (tertiary/aromatic N) is 5. The largest absolute Gasteiger partial charge is 0.433 e. The third-order valence-corrected chi connectivity index (χ3v) is 4.30. The van der Waals surface area contributed by atoms with Gasteiger partial charge in [-0.05, 0) is 17.7 Å². The summed E-state index contributed by atoms with van der Waals surface area (Å²) in [5.74, 6) is 0.563. The molecule has 1 aliphatic heterocycles. The topological polar surface area (TPSA) is 62.2 Å². The summed E-state index contributed by atoms with van der Waals surface area (Å²) in [5, 5.41) is 0. The third kappa shape index (κ3) is 4.42. The zero-order valence-electron chi connectivity index (χ0n) is 14.5. The first-order valence-electron chi connectivity index (χ1n) is 8.37. The van der Waals surface area contributed by atoms with Crippen LogP contribution in [0.25, 0.3) is 0 Å². The number of carbonyl (C=O) groups excluding carboxylic acids is 1. The Labute approximate surface area is 154 Å². The number of rotatable bonds is 4. The van der Waals surface area contributed by atoms with Gasteiger partial charge in [0.05, 0.1) is 5.69 Å². The van der Waals surface area contributed by atoms with Crippen molar-refractivity contribution in [2.75, 3.05) is 31.1 Å². The summed E-state index contributed by atoms with van der Waals surface area (Å²) in [4.78, 5) is 27.6. The Morgan fingerprint density at radius 1 is 1.11 bits per heavy atom. The standard InChI is InChI=1S/C18H18F3N5O/c1-2-16(27)25-7-9-26(10-8-25)17-14(22-5-6-23-17)11-13-3-4-15(24-12-13)18(19,20)21/h2-6,12H,1,7-11H2. The van der Waals surface area contributed by atoms with Crippen LogP contribution >= 0.6 is 0 Å². The molecule has 1 saturated heterocycles. The van der Waals surface area contributed by atoms with E-state index < -0.39 is 11.9 Å². The molecule has 0 N–H and O–H groups in total. The van der Waals surface area contributed by atoms with Crippen molar-refractivity contribution in [1.29, 1.82) is 0 Å². The van der Waals surface area contributed by atoms with E-state index >= 15 is 0 Å². The minimum absolute atomic E-state index is 0.107. The summed E-state index contributed by atoms with van der Waals surface area (Å²) in [5.41, 5.74) is 0.349. The summed E-state index contributed by atoms with van der Waals surface area (Å²) < 4.78 is 37.9. The van der Waals surface area contributed by atoms with E-state index in [4.69, 9.17) is 0 Å². The second kappa shape index (κ2) is 7.73. The lowest BCUT2D eigenvalue weighted by Gasteiger charge is -2.35. The summed E-state index contributed by atoms with van der Waals surface area (Å²) in [7, 11) is 0. The van der Waals surface area contributed by atoms with Gasteiger partial charge in [0.15, 0.2) is 5.82 Å². The van der Waals surface area contributed by atoms with Gasteiger partial charge in [0, 0.05) is 51.2 Å². The zero-order chi connectivity index (χ0) is 19.4. The molecule has 0 saturated carbocycles. The molecule has 0 spiro atoms. The highest BCUT2D eigenvalue weighted by atomic mass is 19.4. The van der Waals surface area contributed by atoms with Crippen LogP contribution < -0.4 is 4.90 Å². The lowest BCUT2D eigenvalue weighted by atomic mass is 10.1. The molecular formula is C18H18F3N5O. The number of amides is 1. The molecule has 0 aliphatic carbocycles. The van der Waals surface area contributed by atoms with Crippen LogP contribution in [0.5, 0.6) is 0 Å². The molecule has 0 atom stereocenters. The van der Waals surface area contributed by atoms with Crippen molar-refractivity contribution in [3.63, 3.8) is 0 Å². The monoisotopic (exact) mass is 377 g/mol. The van der Waals surface area contributed by atoms with Gasteiger partial charge in [-0.3, -0.25) is 14.8 Å². The van der Waals surface area contributed by atoms with Gasteiger partial charge >= 0.3 is 6.18 Å². The van der Waals surface area contributed by atoms with Gasteiger partial charge in [0.2, 0.25) is 5.91 Å². The van der Waals surface area contributed by atoms with Crippen molar-refractivity contribution < 1.29 is 18.0 Å². The molecule has 3 heterocycles. The predicted octanol–water partition coefficient (Wildman–Crippen LogP) is 2.32. The fourth-order valence-corrected chi connectivity index (χ4v) is 2.91. The molecule has 1 aliphatic rings. The Kier molecular flexibility index (Phi) is 5.38. The molecule has 6 nitrogen and oxygen atoms in total. The molecule has 9 heteroatoms. The van der Waals surface area contributed by atoms with Gasteiger partial charge in [-0.1, -0.05) is 12.6 Å². The van der Waals surface area contributed by atoms with Crippen molar-refractivity contribution in [3.05, 3.63) is 60.3 Å². The highest BCUT2D eigenvalue weighted by molar-refractivity contribution is 5.87. The number of piperazine rings is 1. The molecule has 1 fully saturated rings. The van der Waals surface area contributed by atoms with Crippen molar-refractivity contribution in [3.8, 4) is 0 Å². The minimum atomic E-state index is -4.46. The molecule has 0 unspecified atom stereocenters. The van der Waals surface area contributed by atoms with E-state index in [0.29, 0.717) is 49.7 Å². The van der Waals surface area contributed by atoms with E-state index in [1.54, 1.807) is 17.3 Å². The lowest BCUT2D eigenvalue weighted by molar-refractivity contribution is -0.141. The smallest absolute Gasteiger partial charge is 0.352 e. The van der Waals surface area contributed by atoms with Crippen LogP contribution in [0, 0.1) is 0 Å². The molecule has 0 bridgehead atoms. The second-order valence-corrected chi connectivity index (χ2v) is 6.07. The summed E-state index contributed by atoms with van der Waals surface area (Å²) >= 11 is 0. The Balaban J connectivity index is 1.73. The normalized spacial score (nSPS) is 14.9. The summed E-state index contributed by atoms with van der Waals surface area (Å²) in [6.07, 6.45) is 1.49. The van der Waals surface area contributed by atoms with Crippen LogP contribution in [0.4, 0.5) is 19.0 Å². The molecule has 142 valence electrons. The van der Waals surface area contributed by atoms with Crippen molar-refractivity contribution in [1.82, 2.24) is 19.9 Å². The van der Waals surface area contributed by atoms with Gasteiger partial charge in [0.1, 0.15) is 5.69 Å². The molecule has 2 aromatic heterocycles. The van der Waals surface area contributed by atoms with Crippen LogP contribution in [0.15, 0.2) is 43.4 Å². The minimum Gasteiger partial charge on any atom is -0.352 e. The number of carbonyl (C=O) groups is 1. The van der Waals surface area contributed by atoms with Crippen LogP contribution in [-0.2, 0) is 17.4 Å². The van der Waals surface area contributed by atoms with Crippen LogP contribution in [0.2, 0.25) is 0 Å². The highest BCUT2D eigenvalue weighted by Gasteiger charge is 2.32. The average molecular weight is 377 g/mol. The Hall–Kier alpha value is -2.97. The Morgan fingerprint density at radius 2 is 1.81 bits per heavy atom. The maximum absolute atomic E-state index is 12.6. The van der Waals surface area contributed by atoms with Gasteiger partial charge in [-0.25, -0.2) is 4.98 Å². The van der Waals surface area contributed by atoms with Crippen molar-refractivity contribution in [2.45, 2.75) is 12.6 Å². The maximum Gasteiger partial charge on any atom is 0.433 e. The van der Waals surface area contributed by atoms with Crippen molar-refractivity contribution >= 4 is 11.7 Å². The molecule has 0 aromatic carbocycles. The first-order chi connectivity index (χ1) is 12.9. The molecule has 1 amide bonds. The van der Waals surface area contributed by atoms with E-state index in [1.807, 2.05) is 4.90 Å². The molecule has 0 radical (unpaired) electrons. The first kappa shape index (κ1) is 18.8. The van der Waals surface area contributed by atoms with E-state index in [2.05, 4.69) is 21.5 Å². The quantitative estimate of drug-likeness (QED) is 0.766. The SMILES string of the molecule is C=CC(=O)N1CCN(c2nccnc2Cc2ccc(C(F)(F)F)nc2)CC1. The number of pyridine rings is 1. The van der Waals surface area contributed by atoms with Gasteiger partial charge in [0.25, 0.3) is 0 Å². The molecular weight excluding hydrogens is 359 g/mol. The number of hydrogen-bond donors (Lipinski definition) is 0. The number of alkyl halides is 3. The number of anilines is 1. The predicted molar refractivity (Wildman–Crippen MR) is 93.1 cm³/mol. The van der Waals surface area contributed by atoms with Crippen LogP contribution in [0.3, 0.4) is 0 Å². The molecule has 2 aromatic rings. The lowest BCUT2D eigenvalue weighted by Crippen LogP contribution is -2.48. The average Bonchev–Trinajstić information content (AvgIpc) is 2.68. The van der Waals surface area contributed by atoms with E-state index in [9.17, 15) is 18.0 Å². The fourth-order valence-electron chi connectivity index (χ4n) is 2.91. The van der Waals surface area contributed by atoms with E-state index in [-0.39, 0.29) is 5.91 Å². The fraction of sp³-hybridized carbons (Fsp3) is 0.333. The van der Waals surface area contributed by atoms with Gasteiger partial charge in [-0.2, -0.15) is 13.2 Å². The first-order valence-corrected chi connectivity index (χ1v) is 8.37. The molecule has 3 rings (SSSR count). The third-order valence-electron chi connectivity index (χ3n) is 4.30. The van der Waals surface area contributed by atoms with E-state index in [0.717, 1.165) is 6.07 Å². The van der Waals surface area contributed by atoms with Crippen LogP contribution in [-0.4, -0.2) is 51.9 Å². The number of hydrogen-bond acceptors (Lipinski definition) is 5. The van der Waals surface area contributed by atoms with Crippen molar-refractivity contribution in [2.24, 2.45) is 0 Å². The maximum atomic E-state index is 12.6. The van der Waals surface area contributed by atoms with E-state index in [1.165, 1.54) is 18.3 Å². The van der Waals surface area contributed by atoms with Gasteiger partial charge < -0.3 is 9.80 Å². The summed E-state index contributed by atoms with van der Waals surface area (Å²) in [6.45, 7) is 5.77. The number of halogens is 3. The highest BCUT2D eigenvalue weighted by Crippen LogP contribution is 2.28. The summed E-state index contributed by atoms with van der Waals surface area (Å²) in [6, 6.07) is 2.36. The second-order valence-electron chi connectivity index (χ2n) is 6.07. The Bertz CT molecular complexity index is 814. The number of aromatic nitrogens is 3. The van der Waals surface area contributed by atoms with Crippen LogP contribution in [0.1, 0.15) is 17.0 Å². The zero-order valence-corrected chi connectivity index (χ0v) is 14.5.